The first-order valence-electron chi connectivity index (χ1n) is 7.63. The molecule has 1 atom stereocenters. The quantitative estimate of drug-likeness (QED) is 0.811. The van der Waals surface area contributed by atoms with E-state index in [2.05, 4.69) is 14.9 Å². The van der Waals surface area contributed by atoms with E-state index in [0.29, 0.717) is 18.1 Å². The van der Waals surface area contributed by atoms with Crippen molar-refractivity contribution in [3.63, 3.8) is 0 Å². The fourth-order valence-electron chi connectivity index (χ4n) is 2.00. The molecule has 25 heavy (non-hydrogen) atoms. The van der Waals surface area contributed by atoms with Crippen molar-refractivity contribution in [2.24, 2.45) is 0 Å². The zero-order chi connectivity index (χ0) is 18.7. The van der Waals surface area contributed by atoms with Gasteiger partial charge >= 0.3 is 6.18 Å². The van der Waals surface area contributed by atoms with Crippen LogP contribution in [0.1, 0.15) is 26.5 Å². The summed E-state index contributed by atoms with van der Waals surface area (Å²) < 4.78 is 48.1. The number of ether oxygens (including phenoxy) is 1. The standard InChI is InChI=1S/C16H20F3N3O2S/c1-15(2,3)20-8-10(23)9-24-12-7-5-4-6-11(12)13-14(16(17,18)19)21-22-25-13/h4-7,10,20,23H,8-9H2,1-3H3. The van der Waals surface area contributed by atoms with E-state index in [9.17, 15) is 18.3 Å². The molecule has 2 N–H and O–H groups in total. The van der Waals surface area contributed by atoms with Gasteiger partial charge < -0.3 is 15.2 Å². The van der Waals surface area contributed by atoms with E-state index in [-0.39, 0.29) is 28.3 Å². The minimum absolute atomic E-state index is 0.0479. The van der Waals surface area contributed by atoms with Gasteiger partial charge in [0.2, 0.25) is 0 Å². The SMILES string of the molecule is CC(C)(C)NCC(O)COc1ccccc1-c1snnc1C(F)(F)F. The van der Waals surface area contributed by atoms with E-state index in [1.54, 1.807) is 18.2 Å². The molecule has 0 aliphatic rings. The molecule has 9 heteroatoms. The predicted octanol–water partition coefficient (Wildman–Crippen LogP) is 3.35. The lowest BCUT2D eigenvalue weighted by Gasteiger charge is -2.23. The summed E-state index contributed by atoms with van der Waals surface area (Å²) in [6.45, 7) is 6.15. The van der Waals surface area contributed by atoms with Crippen LogP contribution in [0.25, 0.3) is 10.4 Å². The molecule has 1 unspecified atom stereocenters. The van der Waals surface area contributed by atoms with Gasteiger partial charge in [0.1, 0.15) is 18.5 Å². The molecule has 2 aromatic rings. The zero-order valence-electron chi connectivity index (χ0n) is 14.1. The minimum atomic E-state index is -4.59. The van der Waals surface area contributed by atoms with Gasteiger partial charge in [-0.2, -0.15) is 13.2 Å². The number of rotatable bonds is 6. The Morgan fingerprint density at radius 1 is 1.24 bits per heavy atom. The molecule has 0 bridgehead atoms. The van der Waals surface area contributed by atoms with Crippen LogP contribution in [0.15, 0.2) is 24.3 Å². The Morgan fingerprint density at radius 3 is 2.56 bits per heavy atom. The number of nitrogens with zero attached hydrogens (tertiary/aromatic N) is 2. The number of β-amino-alcohol motifs (C(OH)–C–C–N with tert-alkyl or cyclic N) is 1. The number of hydrogen-bond acceptors (Lipinski definition) is 6. The zero-order valence-corrected chi connectivity index (χ0v) is 14.9. The van der Waals surface area contributed by atoms with E-state index >= 15 is 0 Å². The van der Waals surface area contributed by atoms with Crippen LogP contribution in [-0.2, 0) is 6.18 Å². The molecule has 0 amide bonds. The van der Waals surface area contributed by atoms with Gasteiger partial charge in [0.05, 0.1) is 4.88 Å². The third-order valence-corrected chi connectivity index (χ3v) is 3.95. The van der Waals surface area contributed by atoms with E-state index in [1.165, 1.54) is 6.07 Å². The van der Waals surface area contributed by atoms with Crippen LogP contribution in [0.2, 0.25) is 0 Å². The highest BCUT2D eigenvalue weighted by atomic mass is 32.1. The molecular formula is C16H20F3N3O2S. The molecule has 1 aromatic heterocycles. The fraction of sp³-hybridized carbons (Fsp3) is 0.500. The summed E-state index contributed by atoms with van der Waals surface area (Å²) in [6.07, 6.45) is -5.39. The summed E-state index contributed by atoms with van der Waals surface area (Å²) in [5.74, 6) is 0.244. The summed E-state index contributed by atoms with van der Waals surface area (Å²) in [5, 5.41) is 16.3. The highest BCUT2D eigenvalue weighted by molar-refractivity contribution is 7.09. The highest BCUT2D eigenvalue weighted by Gasteiger charge is 2.38. The van der Waals surface area contributed by atoms with Crippen LogP contribution < -0.4 is 10.1 Å². The first kappa shape index (κ1) is 19.6. The van der Waals surface area contributed by atoms with Gasteiger partial charge in [-0.25, -0.2) is 0 Å². The normalized spacial score (nSPS) is 13.7. The molecular weight excluding hydrogens is 355 g/mol. The fourth-order valence-corrected chi connectivity index (χ4v) is 2.72. The number of nitrogens with one attached hydrogen (secondary N) is 1. The van der Waals surface area contributed by atoms with Crippen LogP contribution in [0.3, 0.4) is 0 Å². The second-order valence-electron chi connectivity index (χ2n) is 6.54. The number of benzene rings is 1. The molecule has 5 nitrogen and oxygen atoms in total. The van der Waals surface area contributed by atoms with E-state index in [4.69, 9.17) is 4.74 Å². The molecule has 0 aliphatic heterocycles. The summed E-state index contributed by atoms with van der Waals surface area (Å²) in [5.41, 5.74) is -0.946. The molecule has 0 fully saturated rings. The maximum atomic E-state index is 13.0. The van der Waals surface area contributed by atoms with Crippen molar-refractivity contribution in [1.82, 2.24) is 14.9 Å². The second kappa shape index (κ2) is 7.67. The number of para-hydroxylation sites is 1. The summed E-state index contributed by atoms with van der Waals surface area (Å²) >= 11 is 0.656. The van der Waals surface area contributed by atoms with Crippen molar-refractivity contribution in [1.29, 1.82) is 0 Å². The molecule has 0 saturated heterocycles. The molecule has 0 aliphatic carbocycles. The van der Waals surface area contributed by atoms with Gasteiger partial charge in [0.15, 0.2) is 5.69 Å². The van der Waals surface area contributed by atoms with E-state index in [0.717, 1.165) is 0 Å². The van der Waals surface area contributed by atoms with Gasteiger partial charge in [-0.1, -0.05) is 16.6 Å². The number of aliphatic hydroxyl groups excluding tert-OH is 1. The number of aliphatic hydroxyl groups is 1. The highest BCUT2D eigenvalue weighted by Crippen LogP contribution is 2.41. The first-order valence-corrected chi connectivity index (χ1v) is 8.40. The average molecular weight is 375 g/mol. The minimum Gasteiger partial charge on any atom is -0.490 e. The Morgan fingerprint density at radius 2 is 1.92 bits per heavy atom. The lowest BCUT2D eigenvalue weighted by molar-refractivity contribution is -0.140. The Balaban J connectivity index is 2.13. The van der Waals surface area contributed by atoms with Crippen molar-refractivity contribution in [2.75, 3.05) is 13.2 Å². The number of aromatic nitrogens is 2. The maximum absolute atomic E-state index is 13.0. The molecule has 0 spiro atoms. The van der Waals surface area contributed by atoms with Gasteiger partial charge in [0.25, 0.3) is 0 Å². The summed E-state index contributed by atoms with van der Waals surface area (Å²) in [7, 11) is 0. The van der Waals surface area contributed by atoms with Crippen LogP contribution in [0.5, 0.6) is 5.75 Å². The first-order chi connectivity index (χ1) is 11.6. The van der Waals surface area contributed by atoms with Gasteiger partial charge in [-0.3, -0.25) is 0 Å². The lowest BCUT2D eigenvalue weighted by Crippen LogP contribution is -2.42. The lowest BCUT2D eigenvalue weighted by atomic mass is 10.1. The van der Waals surface area contributed by atoms with Crippen molar-refractivity contribution in [3.8, 4) is 16.2 Å². The van der Waals surface area contributed by atoms with Gasteiger partial charge in [-0.15, -0.1) is 5.10 Å². The third kappa shape index (κ3) is 5.65. The smallest absolute Gasteiger partial charge is 0.436 e. The Kier molecular flexibility index (Phi) is 6.02. The van der Waals surface area contributed by atoms with E-state index in [1.807, 2.05) is 20.8 Å². The van der Waals surface area contributed by atoms with Crippen LogP contribution in [0, 0.1) is 0 Å². The monoisotopic (exact) mass is 375 g/mol. The second-order valence-corrected chi connectivity index (χ2v) is 7.29. The van der Waals surface area contributed by atoms with Crippen molar-refractivity contribution in [2.45, 2.75) is 38.6 Å². The molecule has 2 rings (SSSR count). The van der Waals surface area contributed by atoms with Crippen LogP contribution in [0.4, 0.5) is 13.2 Å². The largest absolute Gasteiger partial charge is 0.490 e. The Bertz CT molecular complexity index is 698. The molecule has 138 valence electrons. The van der Waals surface area contributed by atoms with Crippen molar-refractivity contribution in [3.05, 3.63) is 30.0 Å². The molecule has 1 aromatic carbocycles. The predicted molar refractivity (Wildman–Crippen MR) is 89.6 cm³/mol. The molecule has 0 saturated carbocycles. The molecule has 0 radical (unpaired) electrons. The summed E-state index contributed by atoms with van der Waals surface area (Å²) in [4.78, 5) is -0.106. The average Bonchev–Trinajstić information content (AvgIpc) is 3.00. The van der Waals surface area contributed by atoms with E-state index < -0.39 is 18.0 Å². The van der Waals surface area contributed by atoms with Crippen LogP contribution in [-0.4, -0.2) is 39.5 Å². The van der Waals surface area contributed by atoms with Crippen molar-refractivity contribution >= 4 is 11.5 Å². The topological polar surface area (TPSA) is 67.3 Å². The number of hydrogen-bond donors (Lipinski definition) is 2. The van der Waals surface area contributed by atoms with Crippen molar-refractivity contribution < 1.29 is 23.0 Å². The van der Waals surface area contributed by atoms with Gasteiger partial charge in [-0.05, 0) is 44.4 Å². The molecule has 1 heterocycles. The van der Waals surface area contributed by atoms with Gasteiger partial charge in [0, 0.05) is 17.6 Å². The maximum Gasteiger partial charge on any atom is 0.436 e. The Labute approximate surface area is 148 Å². The summed E-state index contributed by atoms with van der Waals surface area (Å²) in [6, 6.07) is 6.33. The Hall–Kier alpha value is -1.71. The number of alkyl halides is 3. The number of halogens is 3. The van der Waals surface area contributed by atoms with Crippen LogP contribution >= 0.6 is 11.5 Å². The third-order valence-electron chi connectivity index (χ3n) is 3.19.